The number of hydrogen-bond donors (Lipinski definition) is 1. The van der Waals surface area contributed by atoms with Crippen molar-refractivity contribution in [1.82, 2.24) is 0 Å². The number of hydrogen-bond acceptors (Lipinski definition) is 2. The number of aliphatic hydroxyl groups excluding tert-OH is 1. The van der Waals surface area contributed by atoms with Crippen molar-refractivity contribution in [1.29, 1.82) is 0 Å². The summed E-state index contributed by atoms with van der Waals surface area (Å²) in [7, 11) is 0. The Hall–Kier alpha value is -1.60. The van der Waals surface area contributed by atoms with Gasteiger partial charge in [0.15, 0.2) is 0 Å². The van der Waals surface area contributed by atoms with E-state index in [1.807, 2.05) is 48.5 Å². The van der Waals surface area contributed by atoms with Crippen LogP contribution in [-0.4, -0.2) is 11.7 Å². The summed E-state index contributed by atoms with van der Waals surface area (Å²) in [5.41, 5.74) is 3.05. The van der Waals surface area contributed by atoms with Gasteiger partial charge in [-0.3, -0.25) is 0 Å². The summed E-state index contributed by atoms with van der Waals surface area (Å²) < 4.78 is 6.78. The molecule has 0 saturated heterocycles. The fraction of sp³-hybridized carbons (Fsp3) is 0.176. The minimum atomic E-state index is -0.132. The van der Waals surface area contributed by atoms with E-state index in [0.29, 0.717) is 13.2 Å². The summed E-state index contributed by atoms with van der Waals surface area (Å²) in [5, 5.41) is 8.76. The highest BCUT2D eigenvalue weighted by Crippen LogP contribution is 2.14. The number of aliphatic hydroxyl groups is 1. The zero-order valence-electron chi connectivity index (χ0n) is 11.0. The Morgan fingerprint density at radius 3 is 2.70 bits per heavy atom. The molecule has 20 heavy (non-hydrogen) atoms. The Kier molecular flexibility index (Phi) is 5.82. The van der Waals surface area contributed by atoms with Crippen LogP contribution in [0.5, 0.6) is 0 Å². The van der Waals surface area contributed by atoms with Gasteiger partial charge < -0.3 is 9.84 Å². The van der Waals surface area contributed by atoms with Crippen molar-refractivity contribution in [3.05, 3.63) is 69.7 Å². The first kappa shape index (κ1) is 14.8. The van der Waals surface area contributed by atoms with E-state index in [-0.39, 0.29) is 6.61 Å². The molecule has 2 aromatic rings. The van der Waals surface area contributed by atoms with Crippen molar-refractivity contribution in [2.45, 2.75) is 13.2 Å². The topological polar surface area (TPSA) is 29.5 Å². The maximum atomic E-state index is 8.76. The van der Waals surface area contributed by atoms with Crippen LogP contribution in [0.25, 0.3) is 0 Å². The first-order valence-corrected chi connectivity index (χ1v) is 7.08. The third-order valence-electron chi connectivity index (χ3n) is 2.73. The van der Waals surface area contributed by atoms with Gasteiger partial charge in [-0.2, -0.15) is 0 Å². The molecule has 0 aliphatic heterocycles. The number of rotatable bonds is 4. The maximum absolute atomic E-state index is 8.76. The van der Waals surface area contributed by atoms with Crippen LogP contribution in [0.3, 0.4) is 0 Å². The number of benzene rings is 2. The lowest BCUT2D eigenvalue weighted by Crippen LogP contribution is -1.96. The summed E-state index contributed by atoms with van der Waals surface area (Å²) in [5.74, 6) is 5.60. The molecule has 102 valence electrons. The van der Waals surface area contributed by atoms with Crippen LogP contribution >= 0.6 is 15.9 Å². The molecule has 0 bridgehead atoms. The molecule has 0 radical (unpaired) electrons. The predicted octanol–water partition coefficient (Wildman–Crippen LogP) is 3.51. The monoisotopic (exact) mass is 330 g/mol. The van der Waals surface area contributed by atoms with Crippen LogP contribution in [0.2, 0.25) is 0 Å². The van der Waals surface area contributed by atoms with E-state index < -0.39 is 0 Å². The summed E-state index contributed by atoms with van der Waals surface area (Å²) in [6.07, 6.45) is 0. The zero-order valence-corrected chi connectivity index (χ0v) is 12.6. The van der Waals surface area contributed by atoms with E-state index in [4.69, 9.17) is 9.84 Å². The molecule has 0 saturated carbocycles. The van der Waals surface area contributed by atoms with Crippen molar-refractivity contribution < 1.29 is 9.84 Å². The van der Waals surface area contributed by atoms with Gasteiger partial charge in [0, 0.05) is 10.0 Å². The van der Waals surface area contributed by atoms with Crippen LogP contribution in [0.1, 0.15) is 16.7 Å². The van der Waals surface area contributed by atoms with Gasteiger partial charge >= 0.3 is 0 Å². The van der Waals surface area contributed by atoms with E-state index in [1.54, 1.807) is 0 Å². The van der Waals surface area contributed by atoms with Crippen LogP contribution < -0.4 is 0 Å². The Balaban J connectivity index is 1.97. The fourth-order valence-corrected chi connectivity index (χ4v) is 2.26. The highest BCUT2D eigenvalue weighted by molar-refractivity contribution is 9.10. The molecular weight excluding hydrogens is 316 g/mol. The van der Waals surface area contributed by atoms with E-state index in [0.717, 1.165) is 21.2 Å². The van der Waals surface area contributed by atoms with Crippen molar-refractivity contribution >= 4 is 15.9 Å². The molecule has 1 N–H and O–H groups in total. The molecule has 3 heteroatoms. The normalized spacial score (nSPS) is 9.90. The van der Waals surface area contributed by atoms with E-state index in [2.05, 4.69) is 27.8 Å². The molecule has 2 rings (SSSR count). The second-order valence-corrected chi connectivity index (χ2v) is 5.16. The van der Waals surface area contributed by atoms with Gasteiger partial charge in [0.1, 0.15) is 6.61 Å². The second kappa shape index (κ2) is 7.86. The summed E-state index contributed by atoms with van der Waals surface area (Å²) in [4.78, 5) is 0. The Morgan fingerprint density at radius 2 is 1.90 bits per heavy atom. The van der Waals surface area contributed by atoms with Gasteiger partial charge in [0.2, 0.25) is 0 Å². The minimum absolute atomic E-state index is 0.132. The molecule has 2 aromatic carbocycles. The smallest absolute Gasteiger partial charge is 0.104 e. The maximum Gasteiger partial charge on any atom is 0.104 e. The first-order chi connectivity index (χ1) is 9.79. The lowest BCUT2D eigenvalue weighted by atomic mass is 10.1. The molecule has 2 nitrogen and oxygen atoms in total. The van der Waals surface area contributed by atoms with E-state index in [9.17, 15) is 0 Å². The second-order valence-electron chi connectivity index (χ2n) is 4.24. The van der Waals surface area contributed by atoms with Crippen molar-refractivity contribution in [3.63, 3.8) is 0 Å². The molecule has 0 amide bonds. The average Bonchev–Trinajstić information content (AvgIpc) is 2.46. The van der Waals surface area contributed by atoms with Gasteiger partial charge in [-0.15, -0.1) is 0 Å². The molecule has 0 spiro atoms. The van der Waals surface area contributed by atoms with E-state index in [1.165, 1.54) is 0 Å². The first-order valence-electron chi connectivity index (χ1n) is 6.29. The van der Waals surface area contributed by atoms with Gasteiger partial charge in [-0.1, -0.05) is 58.1 Å². The fourth-order valence-electron chi connectivity index (χ4n) is 1.81. The zero-order chi connectivity index (χ0) is 14.2. The largest absolute Gasteiger partial charge is 0.384 e. The molecule has 0 aliphatic rings. The molecule has 0 fully saturated rings. The van der Waals surface area contributed by atoms with Crippen LogP contribution in [0, 0.1) is 11.8 Å². The molecule has 0 aromatic heterocycles. The third kappa shape index (κ3) is 4.50. The van der Waals surface area contributed by atoms with Crippen LogP contribution in [0.4, 0.5) is 0 Å². The highest BCUT2D eigenvalue weighted by atomic mass is 79.9. The van der Waals surface area contributed by atoms with E-state index >= 15 is 0 Å². The summed E-state index contributed by atoms with van der Waals surface area (Å²) >= 11 is 3.44. The van der Waals surface area contributed by atoms with Gasteiger partial charge in [-0.05, 0) is 29.3 Å². The average molecular weight is 331 g/mol. The van der Waals surface area contributed by atoms with Crippen LogP contribution in [-0.2, 0) is 18.0 Å². The Bertz CT molecular complexity index is 626. The molecule has 0 heterocycles. The SMILES string of the molecule is OCC#Cc1ccccc1COCc1cccc(Br)c1. The Labute approximate surface area is 127 Å². The molecular formula is C17H15BrO2. The lowest BCUT2D eigenvalue weighted by Gasteiger charge is -2.07. The number of ether oxygens (including phenoxy) is 1. The summed E-state index contributed by atoms with van der Waals surface area (Å²) in [6, 6.07) is 15.9. The third-order valence-corrected chi connectivity index (χ3v) is 3.23. The van der Waals surface area contributed by atoms with Crippen molar-refractivity contribution in [2.24, 2.45) is 0 Å². The van der Waals surface area contributed by atoms with Crippen molar-refractivity contribution in [3.8, 4) is 11.8 Å². The molecule has 0 unspecified atom stereocenters. The standard InChI is InChI=1S/C17H15BrO2/c18-17-9-3-5-14(11-17)12-20-13-16-7-2-1-6-15(16)8-4-10-19/h1-3,5-7,9,11,19H,10,12-13H2. The predicted molar refractivity (Wildman–Crippen MR) is 83.0 cm³/mol. The number of halogens is 1. The minimum Gasteiger partial charge on any atom is -0.384 e. The van der Waals surface area contributed by atoms with Gasteiger partial charge in [-0.25, -0.2) is 0 Å². The molecule has 0 aliphatic carbocycles. The van der Waals surface area contributed by atoms with Crippen LogP contribution in [0.15, 0.2) is 53.0 Å². The Morgan fingerprint density at radius 1 is 1.05 bits per heavy atom. The van der Waals surface area contributed by atoms with Crippen molar-refractivity contribution in [2.75, 3.05) is 6.61 Å². The summed E-state index contributed by atoms with van der Waals surface area (Å²) in [6.45, 7) is 0.928. The quantitative estimate of drug-likeness (QED) is 0.869. The highest BCUT2D eigenvalue weighted by Gasteiger charge is 2.00. The molecule has 0 atom stereocenters. The van der Waals surface area contributed by atoms with Gasteiger partial charge in [0.25, 0.3) is 0 Å². The lowest BCUT2D eigenvalue weighted by molar-refractivity contribution is 0.107. The van der Waals surface area contributed by atoms with Gasteiger partial charge in [0.05, 0.1) is 13.2 Å².